The first-order valence-electron chi connectivity index (χ1n) is 3.84. The van der Waals surface area contributed by atoms with Crippen molar-refractivity contribution in [2.45, 2.75) is 18.1 Å². The maximum Gasteiger partial charge on any atom is 0.0161 e. The van der Waals surface area contributed by atoms with Crippen LogP contribution in [0.1, 0.15) is 12.8 Å². The predicted molar refractivity (Wildman–Crippen MR) is 48.6 cm³/mol. The van der Waals surface area contributed by atoms with Gasteiger partial charge in [0.1, 0.15) is 0 Å². The summed E-state index contributed by atoms with van der Waals surface area (Å²) >= 11 is 4.44. The highest BCUT2D eigenvalue weighted by molar-refractivity contribution is 7.81. The van der Waals surface area contributed by atoms with E-state index in [4.69, 9.17) is 0 Å². The third-order valence-corrected chi connectivity index (χ3v) is 2.29. The minimum Gasteiger partial charge on any atom is -0.299 e. The summed E-state index contributed by atoms with van der Waals surface area (Å²) in [7, 11) is 0. The van der Waals surface area contributed by atoms with Gasteiger partial charge >= 0.3 is 0 Å². The third-order valence-electron chi connectivity index (χ3n) is 1.87. The largest absolute Gasteiger partial charge is 0.299 e. The fraction of sp³-hybridized carbons (Fsp3) is 0.750. The summed E-state index contributed by atoms with van der Waals surface area (Å²) in [6.45, 7) is 7.10. The molecule has 0 aromatic heterocycles. The van der Waals surface area contributed by atoms with Gasteiger partial charge in [0.2, 0.25) is 0 Å². The van der Waals surface area contributed by atoms with Crippen LogP contribution in [0.2, 0.25) is 0 Å². The zero-order valence-electron chi connectivity index (χ0n) is 6.29. The van der Waals surface area contributed by atoms with Crippen LogP contribution in [0, 0.1) is 0 Å². The van der Waals surface area contributed by atoms with Crippen LogP contribution < -0.4 is 0 Å². The normalized spacial score (nSPS) is 28.3. The fourth-order valence-corrected chi connectivity index (χ4v) is 1.79. The smallest absolute Gasteiger partial charge is 0.0161 e. The van der Waals surface area contributed by atoms with Gasteiger partial charge in [-0.1, -0.05) is 6.08 Å². The fourth-order valence-electron chi connectivity index (χ4n) is 1.38. The molecule has 1 fully saturated rings. The van der Waals surface area contributed by atoms with Gasteiger partial charge in [-0.15, -0.1) is 6.58 Å². The molecular formula is C8H15NS. The Labute approximate surface area is 68.5 Å². The van der Waals surface area contributed by atoms with Gasteiger partial charge in [0, 0.05) is 18.3 Å². The second-order valence-corrected chi connectivity index (χ2v) is 3.57. The lowest BCUT2D eigenvalue weighted by Crippen LogP contribution is -2.35. The number of nitrogens with zero attached hydrogens (tertiary/aromatic N) is 1. The van der Waals surface area contributed by atoms with Gasteiger partial charge in [-0.05, 0) is 19.4 Å². The molecule has 0 saturated carbocycles. The topological polar surface area (TPSA) is 3.24 Å². The van der Waals surface area contributed by atoms with E-state index in [9.17, 15) is 0 Å². The van der Waals surface area contributed by atoms with E-state index in [0.29, 0.717) is 5.25 Å². The molecule has 0 aromatic carbocycles. The van der Waals surface area contributed by atoms with Gasteiger partial charge in [0.05, 0.1) is 0 Å². The minimum absolute atomic E-state index is 0.591. The number of thiol groups is 1. The average Bonchev–Trinajstić information content (AvgIpc) is 1.88. The molecule has 1 rings (SSSR count). The molecule has 0 spiro atoms. The van der Waals surface area contributed by atoms with Crippen molar-refractivity contribution in [2.24, 2.45) is 0 Å². The number of hydrogen-bond acceptors (Lipinski definition) is 2. The zero-order valence-corrected chi connectivity index (χ0v) is 7.19. The molecule has 2 heteroatoms. The first kappa shape index (κ1) is 8.15. The second-order valence-electron chi connectivity index (χ2n) is 2.84. The molecule has 1 unspecified atom stereocenters. The lowest BCUT2D eigenvalue weighted by Gasteiger charge is -2.28. The summed E-state index contributed by atoms with van der Waals surface area (Å²) in [4.78, 5) is 2.40. The Bertz CT molecular complexity index is 114. The molecule has 58 valence electrons. The van der Waals surface area contributed by atoms with Gasteiger partial charge in [-0.25, -0.2) is 0 Å². The van der Waals surface area contributed by atoms with E-state index < -0.39 is 0 Å². The summed E-state index contributed by atoms with van der Waals surface area (Å²) in [5, 5.41) is 0.591. The standard InChI is InChI=1S/C8H15NS/c1-2-5-9-6-3-4-8(10)7-9/h2,8,10H,1,3-7H2. The maximum absolute atomic E-state index is 4.44. The van der Waals surface area contributed by atoms with Crippen LogP contribution in [0.4, 0.5) is 0 Å². The van der Waals surface area contributed by atoms with Crippen LogP contribution in [0.25, 0.3) is 0 Å². The van der Waals surface area contributed by atoms with Crippen molar-refractivity contribution in [3.63, 3.8) is 0 Å². The van der Waals surface area contributed by atoms with Crippen molar-refractivity contribution < 1.29 is 0 Å². The monoisotopic (exact) mass is 157 g/mol. The van der Waals surface area contributed by atoms with Gasteiger partial charge in [0.25, 0.3) is 0 Å². The lowest BCUT2D eigenvalue weighted by atomic mass is 10.1. The Kier molecular flexibility index (Phi) is 3.29. The molecule has 0 amide bonds. The minimum atomic E-state index is 0.591. The lowest BCUT2D eigenvalue weighted by molar-refractivity contribution is 0.258. The molecule has 0 aliphatic carbocycles. The molecule has 1 aliphatic rings. The predicted octanol–water partition coefficient (Wildman–Crippen LogP) is 1.57. The summed E-state index contributed by atoms with van der Waals surface area (Å²) in [6, 6.07) is 0. The number of likely N-dealkylation sites (tertiary alicyclic amines) is 1. The van der Waals surface area contributed by atoms with E-state index in [1.807, 2.05) is 6.08 Å². The third kappa shape index (κ3) is 2.35. The summed E-state index contributed by atoms with van der Waals surface area (Å²) in [6.07, 6.45) is 4.53. The van der Waals surface area contributed by atoms with E-state index in [2.05, 4.69) is 24.1 Å². The van der Waals surface area contributed by atoms with Crippen LogP contribution in [0.3, 0.4) is 0 Å². The Balaban J connectivity index is 2.24. The number of rotatable bonds is 2. The molecule has 0 radical (unpaired) electrons. The molecule has 1 aliphatic heterocycles. The van der Waals surface area contributed by atoms with E-state index in [1.54, 1.807) is 0 Å². The van der Waals surface area contributed by atoms with Crippen molar-refractivity contribution >= 4 is 12.6 Å². The zero-order chi connectivity index (χ0) is 7.40. The van der Waals surface area contributed by atoms with Crippen molar-refractivity contribution in [1.29, 1.82) is 0 Å². The molecule has 0 N–H and O–H groups in total. The summed E-state index contributed by atoms with van der Waals surface area (Å²) < 4.78 is 0. The highest BCUT2D eigenvalue weighted by atomic mass is 32.1. The van der Waals surface area contributed by atoms with E-state index in [1.165, 1.54) is 19.4 Å². The summed E-state index contributed by atoms with van der Waals surface area (Å²) in [5.74, 6) is 0. The van der Waals surface area contributed by atoms with Crippen LogP contribution in [-0.2, 0) is 0 Å². The van der Waals surface area contributed by atoms with Crippen LogP contribution >= 0.6 is 12.6 Å². The molecule has 1 saturated heterocycles. The van der Waals surface area contributed by atoms with E-state index >= 15 is 0 Å². The highest BCUT2D eigenvalue weighted by Crippen LogP contribution is 2.13. The quantitative estimate of drug-likeness (QED) is 0.470. The maximum atomic E-state index is 4.44. The molecule has 0 aromatic rings. The summed E-state index contributed by atoms with van der Waals surface area (Å²) in [5.41, 5.74) is 0. The first-order valence-corrected chi connectivity index (χ1v) is 4.36. The Hall–Kier alpha value is 0.0500. The van der Waals surface area contributed by atoms with Gasteiger partial charge in [-0.2, -0.15) is 12.6 Å². The molecule has 1 nitrogen and oxygen atoms in total. The van der Waals surface area contributed by atoms with Crippen molar-refractivity contribution in [1.82, 2.24) is 4.90 Å². The number of piperidine rings is 1. The Morgan fingerprint density at radius 1 is 1.70 bits per heavy atom. The number of hydrogen-bond donors (Lipinski definition) is 1. The second kappa shape index (κ2) is 4.04. The van der Waals surface area contributed by atoms with Crippen molar-refractivity contribution in [3.05, 3.63) is 12.7 Å². The van der Waals surface area contributed by atoms with E-state index in [0.717, 1.165) is 13.1 Å². The molecule has 1 atom stereocenters. The van der Waals surface area contributed by atoms with Gasteiger partial charge < -0.3 is 0 Å². The molecule has 0 bridgehead atoms. The van der Waals surface area contributed by atoms with Crippen LogP contribution in [0.15, 0.2) is 12.7 Å². The van der Waals surface area contributed by atoms with Crippen molar-refractivity contribution in [3.8, 4) is 0 Å². The molecular weight excluding hydrogens is 142 g/mol. The molecule has 10 heavy (non-hydrogen) atoms. The average molecular weight is 157 g/mol. The first-order chi connectivity index (χ1) is 4.83. The van der Waals surface area contributed by atoms with Crippen molar-refractivity contribution in [2.75, 3.05) is 19.6 Å². The highest BCUT2D eigenvalue weighted by Gasteiger charge is 2.14. The SMILES string of the molecule is C=CCN1CCCC(S)C1. The Morgan fingerprint density at radius 3 is 3.10 bits per heavy atom. The van der Waals surface area contributed by atoms with Crippen LogP contribution in [0.5, 0.6) is 0 Å². The van der Waals surface area contributed by atoms with Gasteiger partial charge in [-0.3, -0.25) is 4.90 Å². The van der Waals surface area contributed by atoms with E-state index in [-0.39, 0.29) is 0 Å². The Morgan fingerprint density at radius 2 is 2.50 bits per heavy atom. The van der Waals surface area contributed by atoms with Crippen LogP contribution in [-0.4, -0.2) is 29.8 Å². The molecule has 1 heterocycles. The van der Waals surface area contributed by atoms with Gasteiger partial charge in [0.15, 0.2) is 0 Å².